The molecule has 0 spiro atoms. The van der Waals surface area contributed by atoms with E-state index in [1.54, 1.807) is 11.0 Å². The Kier molecular flexibility index (Phi) is 5.46. The lowest BCUT2D eigenvalue weighted by Gasteiger charge is -2.28. The first-order valence-corrected chi connectivity index (χ1v) is 9.56. The van der Waals surface area contributed by atoms with Gasteiger partial charge in [-0.25, -0.2) is 8.42 Å². The third kappa shape index (κ3) is 4.34. The van der Waals surface area contributed by atoms with Gasteiger partial charge in [-0.05, 0) is 36.8 Å². The van der Waals surface area contributed by atoms with E-state index in [4.69, 9.17) is 0 Å². The molecule has 0 saturated heterocycles. The number of carbonyl (C=O) groups excluding carboxylic acids is 1. The van der Waals surface area contributed by atoms with Crippen molar-refractivity contribution in [2.45, 2.75) is 32.2 Å². The minimum Gasteiger partial charge on any atom is -0.378 e. The molecule has 1 aliphatic rings. The molecule has 0 aliphatic carbocycles. The van der Waals surface area contributed by atoms with Crippen molar-refractivity contribution in [2.24, 2.45) is 0 Å². The van der Waals surface area contributed by atoms with Crippen LogP contribution in [0.15, 0.2) is 35.7 Å². The summed E-state index contributed by atoms with van der Waals surface area (Å²) in [6, 6.07) is 7.19. The maximum absolute atomic E-state index is 12.6. The van der Waals surface area contributed by atoms with E-state index >= 15 is 0 Å². The number of anilines is 2. The molecule has 2 rings (SSSR count). The fourth-order valence-corrected chi connectivity index (χ4v) is 3.87. The summed E-state index contributed by atoms with van der Waals surface area (Å²) in [5.74, 6) is -0.0727. The maximum Gasteiger partial charge on any atom is 0.227 e. The number of rotatable bonds is 6. The molecule has 0 saturated carbocycles. The normalized spacial score (nSPS) is 18.8. The number of unbranched alkanes of at least 4 members (excludes halogenated alkanes) is 1. The summed E-state index contributed by atoms with van der Waals surface area (Å²) in [7, 11) is 0.693. The van der Waals surface area contributed by atoms with Gasteiger partial charge >= 0.3 is 0 Å². The van der Waals surface area contributed by atoms with Crippen LogP contribution in [0.4, 0.5) is 11.4 Å². The molecule has 0 aromatic heterocycles. The van der Waals surface area contributed by atoms with Gasteiger partial charge in [0.25, 0.3) is 0 Å². The summed E-state index contributed by atoms with van der Waals surface area (Å²) in [6.45, 7) is 2.03. The van der Waals surface area contributed by atoms with Crippen LogP contribution in [0.25, 0.3) is 0 Å². The van der Waals surface area contributed by atoms with E-state index in [1.165, 1.54) is 5.41 Å². The van der Waals surface area contributed by atoms with Crippen LogP contribution in [-0.4, -0.2) is 40.2 Å². The standard InChI is InChI=1S/C17H24N2O3S/c1-4-5-6-17(20)19(16-11-12-23(21,22)13-16)15-9-7-14(8-10-15)18(2)3/h7-12,16H,4-6,13H2,1-3H3. The minimum atomic E-state index is -3.21. The van der Waals surface area contributed by atoms with E-state index in [0.29, 0.717) is 6.42 Å². The highest BCUT2D eigenvalue weighted by Gasteiger charge is 2.31. The van der Waals surface area contributed by atoms with Gasteiger partial charge in [0.15, 0.2) is 9.84 Å². The third-order valence-electron chi connectivity index (χ3n) is 3.90. The van der Waals surface area contributed by atoms with Crippen LogP contribution in [0.5, 0.6) is 0 Å². The van der Waals surface area contributed by atoms with Crippen molar-refractivity contribution >= 4 is 27.1 Å². The number of nitrogens with zero attached hydrogens (tertiary/aromatic N) is 2. The van der Waals surface area contributed by atoms with Crippen molar-refractivity contribution in [3.05, 3.63) is 35.7 Å². The molecular formula is C17H24N2O3S. The van der Waals surface area contributed by atoms with Gasteiger partial charge in [-0.1, -0.05) is 13.3 Å². The Hall–Kier alpha value is -1.82. The molecule has 0 radical (unpaired) electrons. The largest absolute Gasteiger partial charge is 0.378 e. The van der Waals surface area contributed by atoms with Gasteiger partial charge in [-0.15, -0.1) is 0 Å². The van der Waals surface area contributed by atoms with E-state index < -0.39 is 15.9 Å². The Morgan fingerprint density at radius 1 is 1.17 bits per heavy atom. The van der Waals surface area contributed by atoms with Crippen molar-refractivity contribution in [3.63, 3.8) is 0 Å². The average molecular weight is 336 g/mol. The van der Waals surface area contributed by atoms with Gasteiger partial charge in [-0.2, -0.15) is 0 Å². The zero-order valence-corrected chi connectivity index (χ0v) is 14.7. The fourth-order valence-electron chi connectivity index (χ4n) is 2.60. The smallest absolute Gasteiger partial charge is 0.227 e. The Labute approximate surface area is 138 Å². The van der Waals surface area contributed by atoms with Gasteiger partial charge in [0, 0.05) is 37.3 Å². The first-order valence-electron chi connectivity index (χ1n) is 7.84. The number of hydrogen-bond acceptors (Lipinski definition) is 4. The van der Waals surface area contributed by atoms with Crippen LogP contribution >= 0.6 is 0 Å². The molecule has 5 nitrogen and oxygen atoms in total. The fraction of sp³-hybridized carbons (Fsp3) is 0.471. The van der Waals surface area contributed by atoms with E-state index in [2.05, 4.69) is 0 Å². The van der Waals surface area contributed by atoms with E-state index in [0.717, 1.165) is 24.2 Å². The number of hydrogen-bond donors (Lipinski definition) is 0. The highest BCUT2D eigenvalue weighted by Crippen LogP contribution is 2.26. The molecule has 1 aromatic carbocycles. The molecule has 1 aromatic rings. The Balaban J connectivity index is 2.29. The number of amides is 1. The molecule has 0 bridgehead atoms. The third-order valence-corrected chi connectivity index (χ3v) is 5.28. The summed E-state index contributed by atoms with van der Waals surface area (Å²) >= 11 is 0. The molecule has 1 heterocycles. The van der Waals surface area contributed by atoms with Gasteiger partial charge in [0.05, 0.1) is 11.8 Å². The molecular weight excluding hydrogens is 312 g/mol. The van der Waals surface area contributed by atoms with Crippen molar-refractivity contribution in [2.75, 3.05) is 29.6 Å². The molecule has 23 heavy (non-hydrogen) atoms. The highest BCUT2D eigenvalue weighted by atomic mass is 32.2. The summed E-state index contributed by atoms with van der Waals surface area (Å²) in [4.78, 5) is 16.2. The van der Waals surface area contributed by atoms with Crippen molar-refractivity contribution in [1.29, 1.82) is 0 Å². The first-order chi connectivity index (χ1) is 10.8. The molecule has 1 aliphatic heterocycles. The summed E-state index contributed by atoms with van der Waals surface area (Å²) in [6.07, 6.45) is 3.77. The minimum absolute atomic E-state index is 0.0313. The van der Waals surface area contributed by atoms with Crippen molar-refractivity contribution in [3.8, 4) is 0 Å². The quantitative estimate of drug-likeness (QED) is 0.801. The number of carbonyl (C=O) groups is 1. The lowest BCUT2D eigenvalue weighted by molar-refractivity contribution is -0.118. The molecule has 1 amide bonds. The van der Waals surface area contributed by atoms with Crippen LogP contribution < -0.4 is 9.80 Å². The van der Waals surface area contributed by atoms with Crippen molar-refractivity contribution in [1.82, 2.24) is 0 Å². The summed E-state index contributed by atoms with van der Waals surface area (Å²) < 4.78 is 23.5. The SMILES string of the molecule is CCCCC(=O)N(c1ccc(N(C)C)cc1)C1C=CS(=O)(=O)C1. The predicted octanol–water partition coefficient (Wildman–Crippen LogP) is 2.59. The van der Waals surface area contributed by atoms with Crippen LogP contribution in [-0.2, 0) is 14.6 Å². The average Bonchev–Trinajstić information content (AvgIpc) is 2.85. The molecule has 0 N–H and O–H groups in total. The van der Waals surface area contributed by atoms with E-state index in [9.17, 15) is 13.2 Å². The Bertz CT molecular complexity index is 678. The maximum atomic E-state index is 12.6. The zero-order valence-electron chi connectivity index (χ0n) is 13.9. The van der Waals surface area contributed by atoms with Crippen LogP contribution in [0, 0.1) is 0 Å². The Morgan fingerprint density at radius 2 is 1.78 bits per heavy atom. The van der Waals surface area contributed by atoms with Crippen molar-refractivity contribution < 1.29 is 13.2 Å². The Morgan fingerprint density at radius 3 is 2.26 bits per heavy atom. The topological polar surface area (TPSA) is 57.7 Å². The molecule has 1 atom stereocenters. The lowest BCUT2D eigenvalue weighted by atomic mass is 10.1. The lowest BCUT2D eigenvalue weighted by Crippen LogP contribution is -2.41. The predicted molar refractivity (Wildman–Crippen MR) is 94.5 cm³/mol. The monoisotopic (exact) mass is 336 g/mol. The molecule has 6 heteroatoms. The summed E-state index contributed by atoms with van der Waals surface area (Å²) in [5.41, 5.74) is 1.77. The highest BCUT2D eigenvalue weighted by molar-refractivity contribution is 7.94. The first kappa shape index (κ1) is 17.5. The second-order valence-corrected chi connectivity index (χ2v) is 7.93. The number of sulfone groups is 1. The van der Waals surface area contributed by atoms with Gasteiger partial charge in [0.2, 0.25) is 5.91 Å². The number of benzene rings is 1. The molecule has 0 fully saturated rings. The molecule has 126 valence electrons. The van der Waals surface area contributed by atoms with Crippen LogP contribution in [0.3, 0.4) is 0 Å². The van der Waals surface area contributed by atoms with Crippen LogP contribution in [0.2, 0.25) is 0 Å². The van der Waals surface area contributed by atoms with Gasteiger partial charge in [0.1, 0.15) is 0 Å². The van der Waals surface area contributed by atoms with E-state index in [1.807, 2.05) is 50.2 Å². The van der Waals surface area contributed by atoms with Crippen LogP contribution in [0.1, 0.15) is 26.2 Å². The summed E-state index contributed by atoms with van der Waals surface area (Å²) in [5, 5.41) is 1.21. The van der Waals surface area contributed by atoms with E-state index in [-0.39, 0.29) is 11.7 Å². The zero-order chi connectivity index (χ0) is 17.0. The second kappa shape index (κ2) is 7.17. The van der Waals surface area contributed by atoms with Gasteiger partial charge < -0.3 is 9.80 Å². The second-order valence-electron chi connectivity index (χ2n) is 6.00. The molecule has 1 unspecified atom stereocenters. The van der Waals surface area contributed by atoms with Gasteiger partial charge in [-0.3, -0.25) is 4.79 Å².